The van der Waals surface area contributed by atoms with Gasteiger partial charge in [-0.15, -0.1) is 0 Å². The van der Waals surface area contributed by atoms with Gasteiger partial charge in [-0.1, -0.05) is 0 Å². The molecule has 0 spiro atoms. The molecule has 0 saturated carbocycles. The van der Waals surface area contributed by atoms with Crippen LogP contribution in [0, 0.1) is 0 Å². The van der Waals surface area contributed by atoms with E-state index in [-0.39, 0.29) is 12.5 Å². The molecule has 1 unspecified atom stereocenters. The maximum Gasteiger partial charge on any atom is 0.252 e. The lowest BCUT2D eigenvalue weighted by Crippen LogP contribution is -2.45. The minimum Gasteiger partial charge on any atom is -0.548 e. The number of hydrogen-bond donors (Lipinski definition) is 0. The van der Waals surface area contributed by atoms with E-state index in [9.17, 15) is 14.7 Å². The van der Waals surface area contributed by atoms with Crippen molar-refractivity contribution >= 4 is 11.9 Å². The number of carboxylic acid groups (broad SMARTS) is 1. The highest BCUT2D eigenvalue weighted by molar-refractivity contribution is 5.84. The average Bonchev–Trinajstić information content (AvgIpc) is 2.65. The largest absolute Gasteiger partial charge is 0.548 e. The first-order valence-electron chi connectivity index (χ1n) is 4.75. The van der Waals surface area contributed by atoms with E-state index in [1.165, 1.54) is 4.90 Å². The molecular formula is C9H14NO4-. The molecule has 80 valence electrons. The van der Waals surface area contributed by atoms with Crippen LogP contribution in [0.2, 0.25) is 0 Å². The Kier molecular flexibility index (Phi) is 3.88. The van der Waals surface area contributed by atoms with Crippen LogP contribution in [0.15, 0.2) is 0 Å². The van der Waals surface area contributed by atoms with Crippen LogP contribution >= 0.6 is 0 Å². The van der Waals surface area contributed by atoms with Crippen molar-refractivity contribution in [3.05, 3.63) is 0 Å². The van der Waals surface area contributed by atoms with E-state index < -0.39 is 12.1 Å². The second-order valence-corrected chi connectivity index (χ2v) is 3.23. The van der Waals surface area contributed by atoms with Gasteiger partial charge >= 0.3 is 0 Å². The van der Waals surface area contributed by atoms with E-state index in [0.717, 1.165) is 6.42 Å². The van der Waals surface area contributed by atoms with Gasteiger partial charge in [0.1, 0.15) is 6.10 Å². The number of hydrogen-bond acceptors (Lipinski definition) is 4. The fraction of sp³-hybridized carbons (Fsp3) is 0.778. The number of rotatable bonds is 4. The Hall–Kier alpha value is -1.10. The molecule has 0 N–H and O–H groups in total. The Bertz CT molecular complexity index is 223. The molecule has 0 radical (unpaired) electrons. The van der Waals surface area contributed by atoms with Gasteiger partial charge in [-0.3, -0.25) is 4.79 Å². The number of carbonyl (C=O) groups is 2. The number of aliphatic carboxylic acids is 1. The summed E-state index contributed by atoms with van der Waals surface area (Å²) in [5.41, 5.74) is 0. The Morgan fingerprint density at radius 3 is 2.71 bits per heavy atom. The predicted molar refractivity (Wildman–Crippen MR) is 46.2 cm³/mol. The Labute approximate surface area is 82.6 Å². The summed E-state index contributed by atoms with van der Waals surface area (Å²) in [5.74, 6) is -1.48. The van der Waals surface area contributed by atoms with Gasteiger partial charge in [0, 0.05) is 13.2 Å². The summed E-state index contributed by atoms with van der Waals surface area (Å²) in [6, 6.07) is 0. The van der Waals surface area contributed by atoms with Gasteiger partial charge in [0.2, 0.25) is 0 Å². The molecule has 0 bridgehead atoms. The first-order valence-corrected chi connectivity index (χ1v) is 4.75. The summed E-state index contributed by atoms with van der Waals surface area (Å²) in [4.78, 5) is 23.2. The van der Waals surface area contributed by atoms with Crippen molar-refractivity contribution in [1.82, 2.24) is 4.90 Å². The fourth-order valence-corrected chi connectivity index (χ4v) is 1.48. The lowest BCUT2D eigenvalue weighted by molar-refractivity contribution is -0.306. The summed E-state index contributed by atoms with van der Waals surface area (Å²) >= 11 is 0. The number of nitrogens with zero attached hydrogens (tertiary/aromatic N) is 1. The normalized spacial score (nSPS) is 20.8. The first kappa shape index (κ1) is 11.0. The van der Waals surface area contributed by atoms with Crippen LogP contribution < -0.4 is 5.11 Å². The number of amides is 1. The highest BCUT2D eigenvalue weighted by atomic mass is 16.5. The molecule has 5 heteroatoms. The van der Waals surface area contributed by atoms with E-state index in [4.69, 9.17) is 4.74 Å². The molecule has 14 heavy (non-hydrogen) atoms. The van der Waals surface area contributed by atoms with E-state index in [1.807, 2.05) is 0 Å². The molecule has 0 aromatic carbocycles. The molecule has 1 aliphatic rings. The zero-order valence-electron chi connectivity index (χ0n) is 8.19. The second-order valence-electron chi connectivity index (χ2n) is 3.23. The zero-order chi connectivity index (χ0) is 10.6. The summed E-state index contributed by atoms with van der Waals surface area (Å²) in [6.45, 7) is 2.33. The average molecular weight is 200 g/mol. The molecular weight excluding hydrogens is 186 g/mol. The molecule has 1 fully saturated rings. The summed E-state index contributed by atoms with van der Waals surface area (Å²) < 4.78 is 5.17. The standard InChI is InChI=1S/C9H15NO4/c1-2-10(6-8(11)12)9(13)7-4-3-5-14-7/h7H,2-6H2,1H3,(H,11,12)/p-1. The molecule has 5 nitrogen and oxygen atoms in total. The van der Waals surface area contributed by atoms with Crippen LogP contribution in [0.4, 0.5) is 0 Å². The summed E-state index contributed by atoms with van der Waals surface area (Å²) in [7, 11) is 0. The molecule has 0 aromatic heterocycles. The van der Waals surface area contributed by atoms with E-state index in [2.05, 4.69) is 0 Å². The van der Waals surface area contributed by atoms with Crippen molar-refractivity contribution in [1.29, 1.82) is 0 Å². The van der Waals surface area contributed by atoms with Crippen LogP contribution in [0.1, 0.15) is 19.8 Å². The van der Waals surface area contributed by atoms with E-state index in [1.54, 1.807) is 6.92 Å². The van der Waals surface area contributed by atoms with Crippen molar-refractivity contribution in [2.45, 2.75) is 25.9 Å². The van der Waals surface area contributed by atoms with Gasteiger partial charge in [0.05, 0.1) is 12.5 Å². The number of carbonyl (C=O) groups excluding carboxylic acids is 2. The third-order valence-corrected chi connectivity index (χ3v) is 2.22. The third-order valence-electron chi connectivity index (χ3n) is 2.22. The fourth-order valence-electron chi connectivity index (χ4n) is 1.48. The molecule has 1 atom stereocenters. The number of likely N-dealkylation sites (N-methyl/N-ethyl adjacent to an activating group) is 1. The third kappa shape index (κ3) is 2.70. The van der Waals surface area contributed by atoms with Crippen molar-refractivity contribution in [3.8, 4) is 0 Å². The SMILES string of the molecule is CCN(CC(=O)[O-])C(=O)C1CCCO1. The maximum absolute atomic E-state index is 11.6. The topological polar surface area (TPSA) is 69.7 Å². The quantitative estimate of drug-likeness (QED) is 0.569. The highest BCUT2D eigenvalue weighted by Crippen LogP contribution is 2.14. The van der Waals surface area contributed by atoms with Crippen LogP contribution in [0.3, 0.4) is 0 Å². The van der Waals surface area contributed by atoms with Crippen LogP contribution in [-0.2, 0) is 14.3 Å². The van der Waals surface area contributed by atoms with Gasteiger partial charge < -0.3 is 19.5 Å². The number of ether oxygens (including phenoxy) is 1. The molecule has 0 aliphatic carbocycles. The second kappa shape index (κ2) is 4.95. The monoisotopic (exact) mass is 200 g/mol. The van der Waals surface area contributed by atoms with Gasteiger partial charge in [-0.2, -0.15) is 0 Å². The Balaban J connectivity index is 2.50. The van der Waals surface area contributed by atoms with E-state index >= 15 is 0 Å². The van der Waals surface area contributed by atoms with Crippen LogP contribution in [-0.4, -0.2) is 42.6 Å². The lowest BCUT2D eigenvalue weighted by atomic mass is 10.2. The molecule has 1 rings (SSSR count). The predicted octanol–water partition coefficient (Wildman–Crippen LogP) is -1.24. The molecule has 1 heterocycles. The number of carboxylic acids is 1. The molecule has 1 saturated heterocycles. The van der Waals surface area contributed by atoms with Crippen molar-refractivity contribution in [3.63, 3.8) is 0 Å². The Morgan fingerprint density at radius 2 is 2.29 bits per heavy atom. The van der Waals surface area contributed by atoms with Crippen molar-refractivity contribution in [2.75, 3.05) is 19.7 Å². The minimum atomic E-state index is -1.24. The smallest absolute Gasteiger partial charge is 0.252 e. The van der Waals surface area contributed by atoms with Crippen molar-refractivity contribution < 1.29 is 19.4 Å². The highest BCUT2D eigenvalue weighted by Gasteiger charge is 2.27. The lowest BCUT2D eigenvalue weighted by Gasteiger charge is -2.23. The van der Waals surface area contributed by atoms with Gasteiger partial charge in [-0.05, 0) is 19.8 Å². The summed E-state index contributed by atoms with van der Waals surface area (Å²) in [5, 5.41) is 10.3. The van der Waals surface area contributed by atoms with Crippen LogP contribution in [0.5, 0.6) is 0 Å². The minimum absolute atomic E-state index is 0.241. The molecule has 1 amide bonds. The van der Waals surface area contributed by atoms with E-state index in [0.29, 0.717) is 19.6 Å². The van der Waals surface area contributed by atoms with Gasteiger partial charge in [0.15, 0.2) is 0 Å². The first-order chi connectivity index (χ1) is 6.65. The maximum atomic E-state index is 11.6. The van der Waals surface area contributed by atoms with Gasteiger partial charge in [0.25, 0.3) is 5.91 Å². The molecule has 1 aliphatic heterocycles. The summed E-state index contributed by atoms with van der Waals surface area (Å²) in [6.07, 6.45) is 1.09. The molecule has 0 aromatic rings. The van der Waals surface area contributed by atoms with Crippen LogP contribution in [0.25, 0.3) is 0 Å². The van der Waals surface area contributed by atoms with Gasteiger partial charge in [-0.25, -0.2) is 0 Å². The Morgan fingerprint density at radius 1 is 1.57 bits per heavy atom. The van der Waals surface area contributed by atoms with Crippen molar-refractivity contribution in [2.24, 2.45) is 0 Å². The zero-order valence-corrected chi connectivity index (χ0v) is 8.19.